The number of aliphatic hydroxyl groups excluding tert-OH is 1. The van der Waals surface area contributed by atoms with Crippen molar-refractivity contribution in [3.05, 3.63) is 71.3 Å². The Balaban J connectivity index is 1.99. The second-order valence-electron chi connectivity index (χ2n) is 8.72. The molecular formula is C26H29N3O4. The number of rotatable bonds is 7. The Morgan fingerprint density at radius 3 is 2.30 bits per heavy atom. The number of para-hydroxylation sites is 1. The monoisotopic (exact) mass is 447 g/mol. The molecule has 1 unspecified atom stereocenters. The first-order chi connectivity index (χ1) is 15.9. The minimum absolute atomic E-state index is 0.153. The van der Waals surface area contributed by atoms with Gasteiger partial charge in [0, 0.05) is 24.2 Å². The molecule has 2 aromatic carbocycles. The number of benzene rings is 2. The van der Waals surface area contributed by atoms with Crippen molar-refractivity contribution in [2.75, 3.05) is 38.6 Å². The molecule has 2 aliphatic rings. The van der Waals surface area contributed by atoms with Gasteiger partial charge >= 0.3 is 0 Å². The quantitative estimate of drug-likeness (QED) is 0.401. The Hall–Kier alpha value is -3.45. The van der Waals surface area contributed by atoms with Crippen LogP contribution >= 0.6 is 0 Å². The maximum atomic E-state index is 14.1. The van der Waals surface area contributed by atoms with Crippen LogP contribution in [0.2, 0.25) is 0 Å². The van der Waals surface area contributed by atoms with Gasteiger partial charge in [0.15, 0.2) is 5.54 Å². The number of aliphatic hydroxyl groups is 1. The van der Waals surface area contributed by atoms with Crippen molar-refractivity contribution in [2.45, 2.75) is 25.3 Å². The van der Waals surface area contributed by atoms with Crippen molar-refractivity contribution < 1.29 is 19.5 Å². The van der Waals surface area contributed by atoms with Crippen molar-refractivity contribution in [3.63, 3.8) is 0 Å². The number of anilines is 1. The van der Waals surface area contributed by atoms with Crippen LogP contribution in [0.4, 0.5) is 5.69 Å². The second kappa shape index (κ2) is 8.83. The molecular weight excluding hydrogens is 418 g/mol. The highest BCUT2D eigenvalue weighted by atomic mass is 16.3. The predicted octanol–water partition coefficient (Wildman–Crippen LogP) is 2.97. The largest absolute Gasteiger partial charge is 0.507 e. The molecule has 0 saturated carbocycles. The third kappa shape index (κ3) is 3.43. The molecule has 0 radical (unpaired) electrons. The number of Topliss-reactive ketones (excluding diaryl/α,β-unsaturated/α-hetero) is 1. The molecule has 1 atom stereocenters. The summed E-state index contributed by atoms with van der Waals surface area (Å²) in [6, 6.07) is 15.9. The highest BCUT2D eigenvalue weighted by Crippen LogP contribution is 2.53. The lowest BCUT2D eigenvalue weighted by Crippen LogP contribution is -2.52. The van der Waals surface area contributed by atoms with Gasteiger partial charge in [-0.3, -0.25) is 14.4 Å². The van der Waals surface area contributed by atoms with Crippen LogP contribution in [0.5, 0.6) is 0 Å². The average Bonchev–Trinajstić information content (AvgIpc) is 3.18. The SMILES string of the molecule is CCCN1C(=O)C2(/C(=C(\O)c3ccccc3)C(=O)C(=O)N2CCCN(C)C)c2ccccc21. The van der Waals surface area contributed by atoms with Gasteiger partial charge in [-0.05, 0) is 39.5 Å². The summed E-state index contributed by atoms with van der Waals surface area (Å²) in [6.07, 6.45) is 1.29. The average molecular weight is 448 g/mol. The first kappa shape index (κ1) is 22.7. The zero-order valence-electron chi connectivity index (χ0n) is 19.2. The van der Waals surface area contributed by atoms with Gasteiger partial charge in [0.25, 0.3) is 17.6 Å². The second-order valence-corrected chi connectivity index (χ2v) is 8.72. The van der Waals surface area contributed by atoms with Gasteiger partial charge in [-0.2, -0.15) is 0 Å². The lowest BCUT2D eigenvalue weighted by atomic mass is 9.82. The first-order valence-electron chi connectivity index (χ1n) is 11.3. The zero-order valence-corrected chi connectivity index (χ0v) is 19.2. The standard InChI is InChI=1S/C26H29N3O4/c1-4-15-28-20-14-9-8-13-19(20)26(25(28)33)21(22(30)18-11-6-5-7-12-18)23(31)24(32)29(26)17-10-16-27(2)3/h5-9,11-14,30H,4,10,15-17H2,1-3H3/b22-21-. The maximum Gasteiger partial charge on any atom is 0.296 e. The molecule has 7 nitrogen and oxygen atoms in total. The molecule has 0 aromatic heterocycles. The van der Waals surface area contributed by atoms with E-state index in [1.807, 2.05) is 38.1 Å². The number of amides is 2. The van der Waals surface area contributed by atoms with Gasteiger partial charge in [0.2, 0.25) is 0 Å². The number of carbonyl (C=O) groups is 3. The maximum absolute atomic E-state index is 14.1. The number of ketones is 1. The summed E-state index contributed by atoms with van der Waals surface area (Å²) in [6.45, 7) is 3.32. The fourth-order valence-corrected chi connectivity index (χ4v) is 4.90. The third-order valence-corrected chi connectivity index (χ3v) is 6.29. The van der Waals surface area contributed by atoms with Gasteiger partial charge in [-0.15, -0.1) is 0 Å². The topological polar surface area (TPSA) is 81.2 Å². The van der Waals surface area contributed by atoms with Crippen LogP contribution in [-0.4, -0.2) is 66.2 Å². The van der Waals surface area contributed by atoms with E-state index in [2.05, 4.69) is 0 Å². The lowest BCUT2D eigenvalue weighted by molar-refractivity contribution is -0.143. The molecule has 1 spiro atoms. The summed E-state index contributed by atoms with van der Waals surface area (Å²) in [5.74, 6) is -2.28. The summed E-state index contributed by atoms with van der Waals surface area (Å²) >= 11 is 0. The Morgan fingerprint density at radius 2 is 1.64 bits per heavy atom. The van der Waals surface area contributed by atoms with E-state index in [0.717, 1.165) is 0 Å². The van der Waals surface area contributed by atoms with Crippen LogP contribution in [0.25, 0.3) is 5.76 Å². The number of carbonyl (C=O) groups excluding carboxylic acids is 3. The van der Waals surface area contributed by atoms with Gasteiger partial charge < -0.3 is 19.8 Å². The van der Waals surface area contributed by atoms with Crippen LogP contribution in [0, 0.1) is 0 Å². The van der Waals surface area contributed by atoms with Crippen molar-refractivity contribution in [1.82, 2.24) is 9.80 Å². The molecule has 4 rings (SSSR count). The van der Waals surface area contributed by atoms with E-state index >= 15 is 0 Å². The summed E-state index contributed by atoms with van der Waals surface area (Å²) in [5.41, 5.74) is -0.207. The Kier molecular flexibility index (Phi) is 6.08. The fourth-order valence-electron chi connectivity index (χ4n) is 4.90. The molecule has 7 heteroatoms. The normalized spacial score (nSPS) is 21.5. The van der Waals surface area contributed by atoms with E-state index in [-0.39, 0.29) is 23.8 Å². The fraction of sp³-hybridized carbons (Fsp3) is 0.346. The van der Waals surface area contributed by atoms with Crippen LogP contribution in [-0.2, 0) is 19.9 Å². The van der Waals surface area contributed by atoms with Crippen LogP contribution in [0.15, 0.2) is 60.2 Å². The first-order valence-corrected chi connectivity index (χ1v) is 11.3. The van der Waals surface area contributed by atoms with Crippen molar-refractivity contribution in [3.8, 4) is 0 Å². The van der Waals surface area contributed by atoms with Crippen LogP contribution in [0.1, 0.15) is 30.9 Å². The predicted molar refractivity (Wildman–Crippen MR) is 127 cm³/mol. The highest BCUT2D eigenvalue weighted by molar-refractivity contribution is 6.50. The van der Waals surface area contributed by atoms with Crippen molar-refractivity contribution in [2.24, 2.45) is 0 Å². The number of likely N-dealkylation sites (tertiary alicyclic amines) is 1. The summed E-state index contributed by atoms with van der Waals surface area (Å²) in [4.78, 5) is 45.9. The smallest absolute Gasteiger partial charge is 0.296 e. The molecule has 1 N–H and O–H groups in total. The van der Waals surface area contributed by atoms with E-state index in [4.69, 9.17) is 0 Å². The Morgan fingerprint density at radius 1 is 0.970 bits per heavy atom. The summed E-state index contributed by atoms with van der Waals surface area (Å²) in [5, 5.41) is 11.3. The van der Waals surface area contributed by atoms with E-state index in [1.165, 1.54) is 4.90 Å². The minimum atomic E-state index is -1.67. The Bertz CT molecular complexity index is 1130. The highest BCUT2D eigenvalue weighted by Gasteiger charge is 2.66. The number of hydrogen-bond acceptors (Lipinski definition) is 5. The third-order valence-electron chi connectivity index (χ3n) is 6.29. The zero-order chi connectivity index (χ0) is 23.8. The van der Waals surface area contributed by atoms with Crippen molar-refractivity contribution >= 4 is 29.0 Å². The summed E-state index contributed by atoms with van der Waals surface area (Å²) in [7, 11) is 3.86. The molecule has 1 saturated heterocycles. The van der Waals surface area contributed by atoms with E-state index in [0.29, 0.717) is 42.7 Å². The van der Waals surface area contributed by atoms with Crippen LogP contribution < -0.4 is 4.90 Å². The number of fused-ring (bicyclic) bond motifs is 2. The number of nitrogens with zero attached hydrogens (tertiary/aromatic N) is 3. The molecule has 2 amide bonds. The lowest BCUT2D eigenvalue weighted by Gasteiger charge is -2.34. The minimum Gasteiger partial charge on any atom is -0.507 e. The molecule has 2 heterocycles. The van der Waals surface area contributed by atoms with E-state index in [9.17, 15) is 19.5 Å². The molecule has 33 heavy (non-hydrogen) atoms. The van der Waals surface area contributed by atoms with E-state index < -0.39 is 17.2 Å². The molecule has 0 bridgehead atoms. The molecule has 2 aliphatic heterocycles. The van der Waals surface area contributed by atoms with Gasteiger partial charge in [0.1, 0.15) is 5.76 Å². The van der Waals surface area contributed by atoms with Crippen molar-refractivity contribution in [1.29, 1.82) is 0 Å². The van der Waals surface area contributed by atoms with Gasteiger partial charge in [-0.1, -0.05) is 55.5 Å². The van der Waals surface area contributed by atoms with E-state index in [1.54, 1.807) is 47.4 Å². The van der Waals surface area contributed by atoms with Gasteiger partial charge in [0.05, 0.1) is 11.3 Å². The summed E-state index contributed by atoms with van der Waals surface area (Å²) < 4.78 is 0. The molecule has 2 aromatic rings. The van der Waals surface area contributed by atoms with Crippen LogP contribution in [0.3, 0.4) is 0 Å². The Labute approximate surface area is 193 Å². The number of hydrogen-bond donors (Lipinski definition) is 1. The molecule has 1 fully saturated rings. The molecule has 0 aliphatic carbocycles. The molecule has 172 valence electrons. The van der Waals surface area contributed by atoms with Gasteiger partial charge in [-0.25, -0.2) is 0 Å².